The minimum atomic E-state index is -0.0455. The Balaban J connectivity index is 2.35. The van der Waals surface area contributed by atoms with Crippen LogP contribution in [0.4, 0.5) is 5.69 Å². The molecule has 0 aliphatic carbocycles. The van der Waals surface area contributed by atoms with Gasteiger partial charge in [-0.2, -0.15) is 0 Å². The van der Waals surface area contributed by atoms with Crippen LogP contribution in [-0.2, 0) is 16.0 Å². The van der Waals surface area contributed by atoms with Crippen molar-refractivity contribution in [2.24, 2.45) is 0 Å². The van der Waals surface area contributed by atoms with Gasteiger partial charge in [-0.05, 0) is 44.1 Å². The van der Waals surface area contributed by atoms with Gasteiger partial charge in [-0.1, -0.05) is 26.0 Å². The van der Waals surface area contributed by atoms with E-state index in [9.17, 15) is 9.59 Å². The van der Waals surface area contributed by atoms with Crippen molar-refractivity contribution in [3.63, 3.8) is 0 Å². The standard InChI is InChI=1S/C18H29N3O2/c1-4-17(22)16(21(3)5-2)10-7-11-20-18(23)13-14-8-6-9-15(19)12-14/h6,8-9,12,16H,4-5,7,10-11,13,19H2,1-3H3,(H,20,23)/t16-/m0/s1. The number of likely N-dealkylation sites (N-methyl/N-ethyl adjacent to an activating group) is 1. The molecule has 5 nitrogen and oxygen atoms in total. The summed E-state index contributed by atoms with van der Waals surface area (Å²) in [4.78, 5) is 26.0. The van der Waals surface area contributed by atoms with Gasteiger partial charge in [-0.3, -0.25) is 14.5 Å². The lowest BCUT2D eigenvalue weighted by molar-refractivity contribution is -0.123. The predicted molar refractivity (Wildman–Crippen MR) is 94.2 cm³/mol. The van der Waals surface area contributed by atoms with Crippen LogP contribution in [0.2, 0.25) is 0 Å². The van der Waals surface area contributed by atoms with Gasteiger partial charge in [0.15, 0.2) is 0 Å². The molecule has 0 aliphatic heterocycles. The summed E-state index contributed by atoms with van der Waals surface area (Å²) in [5.41, 5.74) is 7.28. The van der Waals surface area contributed by atoms with E-state index in [1.165, 1.54) is 0 Å². The van der Waals surface area contributed by atoms with Crippen molar-refractivity contribution in [1.82, 2.24) is 10.2 Å². The number of carbonyl (C=O) groups is 2. The smallest absolute Gasteiger partial charge is 0.224 e. The van der Waals surface area contributed by atoms with Crippen LogP contribution in [0.25, 0.3) is 0 Å². The summed E-state index contributed by atoms with van der Waals surface area (Å²) in [6.07, 6.45) is 2.45. The third kappa shape index (κ3) is 6.82. The number of hydrogen-bond donors (Lipinski definition) is 2. The summed E-state index contributed by atoms with van der Waals surface area (Å²) < 4.78 is 0. The molecule has 0 radical (unpaired) electrons. The number of Topliss-reactive ketones (excluding diaryl/α,β-unsaturated/α-hetero) is 1. The molecule has 23 heavy (non-hydrogen) atoms. The number of nitrogens with one attached hydrogen (secondary N) is 1. The lowest BCUT2D eigenvalue weighted by Gasteiger charge is -2.25. The Morgan fingerprint density at radius 3 is 2.65 bits per heavy atom. The third-order valence-electron chi connectivity index (χ3n) is 4.04. The second-order valence-corrected chi connectivity index (χ2v) is 5.82. The van der Waals surface area contributed by atoms with Crippen LogP contribution in [0.3, 0.4) is 0 Å². The average Bonchev–Trinajstić information content (AvgIpc) is 2.53. The van der Waals surface area contributed by atoms with Crippen LogP contribution < -0.4 is 11.1 Å². The van der Waals surface area contributed by atoms with Crippen LogP contribution >= 0.6 is 0 Å². The monoisotopic (exact) mass is 319 g/mol. The van der Waals surface area contributed by atoms with E-state index in [1.54, 1.807) is 6.07 Å². The Hall–Kier alpha value is -1.88. The van der Waals surface area contributed by atoms with Crippen LogP contribution in [0.15, 0.2) is 24.3 Å². The number of hydrogen-bond acceptors (Lipinski definition) is 4. The van der Waals surface area contributed by atoms with Gasteiger partial charge in [0, 0.05) is 18.7 Å². The maximum Gasteiger partial charge on any atom is 0.224 e. The summed E-state index contributed by atoms with van der Waals surface area (Å²) in [7, 11) is 1.97. The Morgan fingerprint density at radius 2 is 2.04 bits per heavy atom. The second-order valence-electron chi connectivity index (χ2n) is 5.82. The van der Waals surface area contributed by atoms with Crippen LogP contribution in [0.1, 0.15) is 38.7 Å². The Bertz CT molecular complexity index is 517. The molecule has 0 heterocycles. The Morgan fingerprint density at radius 1 is 1.30 bits per heavy atom. The first-order chi connectivity index (χ1) is 11.0. The van der Waals surface area contributed by atoms with Crippen molar-refractivity contribution in [2.75, 3.05) is 25.9 Å². The maximum atomic E-state index is 12.0. The topological polar surface area (TPSA) is 75.4 Å². The summed E-state index contributed by atoms with van der Waals surface area (Å²) in [5, 5.41) is 2.91. The number of anilines is 1. The summed E-state index contributed by atoms with van der Waals surface area (Å²) in [6, 6.07) is 7.31. The van der Waals surface area contributed by atoms with Gasteiger partial charge in [0.05, 0.1) is 12.5 Å². The lowest BCUT2D eigenvalue weighted by atomic mass is 10.0. The van der Waals surface area contributed by atoms with E-state index in [-0.39, 0.29) is 17.7 Å². The molecule has 1 rings (SSSR count). The first kappa shape index (κ1) is 19.2. The molecule has 0 fully saturated rings. The van der Waals surface area contributed by atoms with Gasteiger partial charge in [-0.15, -0.1) is 0 Å². The quantitative estimate of drug-likeness (QED) is 0.511. The molecular weight excluding hydrogens is 290 g/mol. The molecule has 1 aromatic carbocycles. The van der Waals surface area contributed by atoms with E-state index < -0.39 is 0 Å². The van der Waals surface area contributed by atoms with E-state index in [4.69, 9.17) is 5.73 Å². The normalized spacial score (nSPS) is 12.2. The SMILES string of the molecule is CCC(=O)[C@H](CCCNC(=O)Cc1cccc(N)c1)N(C)CC. The van der Waals surface area contributed by atoms with Crippen molar-refractivity contribution >= 4 is 17.4 Å². The Labute approximate surface area is 139 Å². The zero-order valence-corrected chi connectivity index (χ0v) is 14.5. The molecule has 3 N–H and O–H groups in total. The van der Waals surface area contributed by atoms with E-state index in [0.717, 1.165) is 24.9 Å². The van der Waals surface area contributed by atoms with E-state index >= 15 is 0 Å². The van der Waals surface area contributed by atoms with Crippen molar-refractivity contribution < 1.29 is 9.59 Å². The van der Waals surface area contributed by atoms with Crippen molar-refractivity contribution in [3.8, 4) is 0 Å². The number of ketones is 1. The molecule has 0 saturated carbocycles. The van der Waals surface area contributed by atoms with E-state index in [0.29, 0.717) is 25.1 Å². The fraction of sp³-hybridized carbons (Fsp3) is 0.556. The van der Waals surface area contributed by atoms with Gasteiger partial charge in [0.1, 0.15) is 5.78 Å². The van der Waals surface area contributed by atoms with Gasteiger partial charge >= 0.3 is 0 Å². The number of rotatable bonds is 10. The summed E-state index contributed by atoms with van der Waals surface area (Å²) in [5.74, 6) is 0.248. The summed E-state index contributed by atoms with van der Waals surface area (Å²) >= 11 is 0. The van der Waals surface area contributed by atoms with Gasteiger partial charge in [-0.25, -0.2) is 0 Å². The number of nitrogens with zero attached hydrogens (tertiary/aromatic N) is 1. The van der Waals surface area contributed by atoms with Gasteiger partial charge in [0.25, 0.3) is 0 Å². The highest BCUT2D eigenvalue weighted by molar-refractivity contribution is 5.83. The number of carbonyl (C=O) groups excluding carboxylic acids is 2. The highest BCUT2D eigenvalue weighted by atomic mass is 16.1. The van der Waals surface area contributed by atoms with Crippen LogP contribution in [0.5, 0.6) is 0 Å². The van der Waals surface area contributed by atoms with Crippen LogP contribution in [0, 0.1) is 0 Å². The van der Waals surface area contributed by atoms with Crippen molar-refractivity contribution in [2.45, 2.75) is 45.6 Å². The molecule has 0 aliphatic rings. The molecule has 0 spiro atoms. The molecule has 0 bridgehead atoms. The fourth-order valence-electron chi connectivity index (χ4n) is 2.56. The fourth-order valence-corrected chi connectivity index (χ4v) is 2.56. The molecule has 5 heteroatoms. The highest BCUT2D eigenvalue weighted by Gasteiger charge is 2.19. The minimum Gasteiger partial charge on any atom is -0.399 e. The predicted octanol–water partition coefficient (Wildman–Crippen LogP) is 2.01. The van der Waals surface area contributed by atoms with Gasteiger partial charge in [0.2, 0.25) is 5.91 Å². The molecule has 0 unspecified atom stereocenters. The second kappa shape index (κ2) is 10.0. The average molecular weight is 319 g/mol. The zero-order chi connectivity index (χ0) is 17.2. The van der Waals surface area contributed by atoms with E-state index in [1.807, 2.05) is 39.1 Å². The number of benzene rings is 1. The molecule has 1 amide bonds. The third-order valence-corrected chi connectivity index (χ3v) is 4.04. The van der Waals surface area contributed by atoms with Crippen molar-refractivity contribution in [1.29, 1.82) is 0 Å². The minimum absolute atomic E-state index is 0.0159. The van der Waals surface area contributed by atoms with E-state index in [2.05, 4.69) is 10.2 Å². The number of nitrogen functional groups attached to an aromatic ring is 1. The molecule has 1 atom stereocenters. The zero-order valence-electron chi connectivity index (χ0n) is 14.5. The molecule has 0 aromatic heterocycles. The first-order valence-electron chi connectivity index (χ1n) is 8.32. The van der Waals surface area contributed by atoms with Crippen molar-refractivity contribution in [3.05, 3.63) is 29.8 Å². The Kier molecular flexibility index (Phi) is 8.33. The number of nitrogens with two attached hydrogens (primary N) is 1. The molecular formula is C18H29N3O2. The maximum absolute atomic E-state index is 12.0. The summed E-state index contributed by atoms with van der Waals surface area (Å²) in [6.45, 7) is 5.37. The highest BCUT2D eigenvalue weighted by Crippen LogP contribution is 2.09. The molecule has 0 saturated heterocycles. The van der Waals surface area contributed by atoms with Crippen LogP contribution in [-0.4, -0.2) is 42.8 Å². The first-order valence-corrected chi connectivity index (χ1v) is 8.32. The van der Waals surface area contributed by atoms with Gasteiger partial charge < -0.3 is 11.1 Å². The number of amides is 1. The largest absolute Gasteiger partial charge is 0.399 e. The lowest BCUT2D eigenvalue weighted by Crippen LogP contribution is -2.39. The molecule has 1 aromatic rings. The molecule has 128 valence electrons.